The zero-order valence-electron chi connectivity index (χ0n) is 22.3. The minimum atomic E-state index is -1.04. The summed E-state index contributed by atoms with van der Waals surface area (Å²) in [4.78, 5) is 65.4. The number of ether oxygens (including phenoxy) is 1. The first-order valence-electron chi connectivity index (χ1n) is 12.6. The van der Waals surface area contributed by atoms with Gasteiger partial charge in [0.05, 0.1) is 26.2 Å². The van der Waals surface area contributed by atoms with Crippen LogP contribution >= 0.6 is 0 Å². The summed E-state index contributed by atoms with van der Waals surface area (Å²) >= 11 is 0. The van der Waals surface area contributed by atoms with Gasteiger partial charge in [-0.25, -0.2) is 0 Å². The van der Waals surface area contributed by atoms with Crippen LogP contribution in [0.2, 0.25) is 0 Å². The topological polar surface area (TPSA) is 193 Å². The average Bonchev–Trinajstić information content (AvgIpc) is 2.84. The SMILES string of the molecule is CCOC(=O)Cn1ccc(CN2CCN(CC(=O)O)CCN(CC(=O)O)CCN(CC(=O)O)CC2)c(O)c1=O.[177Lu]. The summed E-state index contributed by atoms with van der Waals surface area (Å²) in [6.07, 6.45) is 1.38. The van der Waals surface area contributed by atoms with Crippen molar-refractivity contribution in [1.82, 2.24) is 24.2 Å². The van der Waals surface area contributed by atoms with Crippen molar-refractivity contribution >= 4 is 23.9 Å². The number of aromatic nitrogens is 1. The van der Waals surface area contributed by atoms with E-state index >= 15 is 0 Å². The van der Waals surface area contributed by atoms with Crippen molar-refractivity contribution in [3.05, 3.63) is 28.2 Å². The van der Waals surface area contributed by atoms with Gasteiger partial charge < -0.3 is 29.7 Å². The minimum Gasteiger partial charge on any atom is -0.503 e. The Morgan fingerprint density at radius 2 is 1.15 bits per heavy atom. The molecule has 40 heavy (non-hydrogen) atoms. The molecular weight excluding hydrogens is 695 g/mol. The molecule has 1 aromatic heterocycles. The number of rotatable bonds is 11. The molecule has 0 amide bonds. The van der Waals surface area contributed by atoms with Gasteiger partial charge in [0, 0.05) is 108 Å². The molecule has 2 heterocycles. The normalized spacial score (nSPS) is 16.7. The van der Waals surface area contributed by atoms with Crippen molar-refractivity contribution in [3.8, 4) is 5.75 Å². The molecule has 1 fully saturated rings. The van der Waals surface area contributed by atoms with E-state index in [0.717, 1.165) is 4.57 Å². The number of hydrogen-bond acceptors (Lipinski definition) is 11. The Labute approximate surface area is 260 Å². The number of esters is 1. The monoisotopic (exact) mass is 732 g/mol. The fourth-order valence-electron chi connectivity index (χ4n) is 4.22. The molecule has 0 saturated carbocycles. The van der Waals surface area contributed by atoms with Gasteiger partial charge in [0.15, 0.2) is 5.75 Å². The molecule has 1 aliphatic heterocycles. The van der Waals surface area contributed by atoms with Crippen LogP contribution in [-0.4, -0.2) is 147 Å². The van der Waals surface area contributed by atoms with Crippen molar-refractivity contribution in [1.29, 1.82) is 0 Å². The molecule has 0 unspecified atom stereocenters. The van der Waals surface area contributed by atoms with Crippen LogP contribution in [0.3, 0.4) is 0 Å². The van der Waals surface area contributed by atoms with Crippen LogP contribution in [-0.2, 0) is 37.0 Å². The predicted molar refractivity (Wildman–Crippen MR) is 137 cm³/mol. The van der Waals surface area contributed by atoms with E-state index in [0.29, 0.717) is 31.7 Å². The molecule has 1 radical (unpaired) electrons. The Balaban J connectivity index is 0.00000800. The molecule has 4 N–H and O–H groups in total. The molecule has 1 saturated heterocycles. The number of carboxylic acid groups (broad SMARTS) is 3. The van der Waals surface area contributed by atoms with Crippen LogP contribution in [0.4, 0.5) is 0 Å². The Kier molecular flexibility index (Phi) is 16.3. The second kappa shape index (κ2) is 18.2. The summed E-state index contributed by atoms with van der Waals surface area (Å²) in [5.74, 6) is -4.24. The number of carbonyl (C=O) groups is 4. The Morgan fingerprint density at radius 3 is 1.52 bits per heavy atom. The van der Waals surface area contributed by atoms with Gasteiger partial charge in [0.25, 0.3) is 5.56 Å². The van der Waals surface area contributed by atoms with E-state index < -0.39 is 35.2 Å². The number of hydrogen-bond donors (Lipinski definition) is 4. The predicted octanol–water partition coefficient (Wildman–Crippen LogP) is -1.91. The third kappa shape index (κ3) is 12.9. The average molecular weight is 733 g/mol. The van der Waals surface area contributed by atoms with Crippen LogP contribution in [0.15, 0.2) is 17.1 Å². The molecule has 0 aromatic carbocycles. The minimum absolute atomic E-state index is 0. The Hall–Kier alpha value is -2.30. The second-order valence-corrected chi connectivity index (χ2v) is 9.21. The first kappa shape index (κ1) is 35.7. The number of nitrogens with zero attached hydrogens (tertiary/aromatic N) is 5. The van der Waals surface area contributed by atoms with Gasteiger partial charge in [-0.05, 0) is 13.0 Å². The molecular formula is C24H37LuN5O10. The number of aromatic hydroxyl groups is 1. The molecule has 233 valence electrons. The zero-order valence-corrected chi connectivity index (χ0v) is 23.9. The maximum Gasteiger partial charge on any atom is 0.326 e. The van der Waals surface area contributed by atoms with Crippen LogP contribution in [0, 0.1) is 36.9 Å². The van der Waals surface area contributed by atoms with Gasteiger partial charge >= 0.3 is 23.9 Å². The number of carboxylic acids is 3. The fourth-order valence-corrected chi connectivity index (χ4v) is 4.22. The third-order valence-electron chi connectivity index (χ3n) is 6.23. The van der Waals surface area contributed by atoms with Crippen molar-refractivity contribution < 1.29 is 81.2 Å². The summed E-state index contributed by atoms with van der Waals surface area (Å²) < 4.78 is 5.89. The van der Waals surface area contributed by atoms with Crippen molar-refractivity contribution in [3.63, 3.8) is 0 Å². The first-order chi connectivity index (χ1) is 18.5. The smallest absolute Gasteiger partial charge is 0.326 e. The van der Waals surface area contributed by atoms with Crippen LogP contribution < -0.4 is 5.56 Å². The molecule has 0 atom stereocenters. The summed E-state index contributed by atoms with van der Waals surface area (Å²) in [5, 5.41) is 38.5. The summed E-state index contributed by atoms with van der Waals surface area (Å²) in [5.41, 5.74) is -0.456. The van der Waals surface area contributed by atoms with Gasteiger partial charge in [-0.3, -0.25) is 43.6 Å². The molecule has 1 aliphatic rings. The maximum absolute atomic E-state index is 12.6. The van der Waals surface area contributed by atoms with Crippen molar-refractivity contribution in [2.75, 3.05) is 78.6 Å². The van der Waals surface area contributed by atoms with Crippen molar-refractivity contribution in [2.45, 2.75) is 20.0 Å². The summed E-state index contributed by atoms with van der Waals surface area (Å²) in [6.45, 7) is 3.17. The molecule has 2 rings (SSSR count). The Bertz CT molecular complexity index is 1040. The van der Waals surface area contributed by atoms with E-state index in [-0.39, 0.29) is 102 Å². The number of carbonyl (C=O) groups excluding carboxylic acids is 1. The third-order valence-corrected chi connectivity index (χ3v) is 6.23. The summed E-state index contributed by atoms with van der Waals surface area (Å²) in [7, 11) is 0. The van der Waals surface area contributed by atoms with Crippen molar-refractivity contribution in [2.24, 2.45) is 0 Å². The van der Waals surface area contributed by atoms with Crippen LogP contribution in [0.25, 0.3) is 0 Å². The van der Waals surface area contributed by atoms with Gasteiger partial charge in [0.2, 0.25) is 0 Å². The van der Waals surface area contributed by atoms with Gasteiger partial charge in [-0.15, -0.1) is 0 Å². The van der Waals surface area contributed by atoms with E-state index in [1.165, 1.54) is 12.3 Å². The zero-order chi connectivity index (χ0) is 28.9. The van der Waals surface area contributed by atoms with E-state index in [2.05, 4.69) is 0 Å². The molecule has 0 bridgehead atoms. The molecule has 0 aliphatic carbocycles. The van der Waals surface area contributed by atoms with E-state index in [9.17, 15) is 44.4 Å². The fraction of sp³-hybridized carbons (Fsp3) is 0.625. The summed E-state index contributed by atoms with van der Waals surface area (Å²) in [6, 6.07) is 1.51. The first-order valence-corrected chi connectivity index (χ1v) is 12.6. The molecule has 15 nitrogen and oxygen atoms in total. The van der Waals surface area contributed by atoms with Gasteiger partial charge in [0.1, 0.15) is 6.54 Å². The molecule has 0 spiro atoms. The second-order valence-electron chi connectivity index (χ2n) is 9.21. The Morgan fingerprint density at radius 1 is 0.750 bits per heavy atom. The van der Waals surface area contributed by atoms with E-state index in [4.69, 9.17) is 4.74 Å². The largest absolute Gasteiger partial charge is 0.503 e. The van der Waals surface area contributed by atoms with E-state index in [1.54, 1.807) is 21.6 Å². The standard InChI is InChI=1S/C24H37N5O10.Lu/c1-2-39-22(36)17-29-4-3-18(23(37)24(29)38)13-25-5-7-26(14-19(30)31)9-11-28(16-21(34)35)12-10-27(8-6-25)15-20(32)33;/h3-4,37H,2,5-17H2,1H3,(H,30,31)(H,32,33)(H,34,35);/i;1+2. The number of aliphatic carboxylic acids is 3. The van der Waals surface area contributed by atoms with Crippen LogP contribution in [0.1, 0.15) is 12.5 Å². The molecule has 16 heteroatoms. The van der Waals surface area contributed by atoms with Crippen LogP contribution in [0.5, 0.6) is 5.75 Å². The number of pyridine rings is 1. The van der Waals surface area contributed by atoms with E-state index in [1.807, 2.05) is 4.90 Å². The quantitative estimate of drug-likeness (QED) is 0.184. The molecule has 1 aromatic rings. The van der Waals surface area contributed by atoms with Gasteiger partial charge in [-0.2, -0.15) is 0 Å². The maximum atomic E-state index is 12.6. The van der Waals surface area contributed by atoms with Gasteiger partial charge in [-0.1, -0.05) is 0 Å².